The molecular formula is C22H22N2O6. The summed E-state index contributed by atoms with van der Waals surface area (Å²) in [5.74, 6) is -1.16. The van der Waals surface area contributed by atoms with Gasteiger partial charge in [0, 0.05) is 12.0 Å². The number of fused-ring (bicyclic) bond motifs is 1. The van der Waals surface area contributed by atoms with Gasteiger partial charge in [0.25, 0.3) is 0 Å². The SMILES string of the molecule is CC1COC(=O)C2(c3ccccc3)CC(COC(=O)C(=NO)c3ccccc3)ON12. The summed E-state index contributed by atoms with van der Waals surface area (Å²) in [5.41, 5.74) is -0.0922. The van der Waals surface area contributed by atoms with Crippen LogP contribution in [-0.2, 0) is 29.4 Å². The monoisotopic (exact) mass is 410 g/mol. The predicted octanol–water partition coefficient (Wildman–Crippen LogP) is 2.25. The number of nitrogens with zero attached hydrogens (tertiary/aromatic N) is 2. The highest BCUT2D eigenvalue weighted by Gasteiger charge is 2.59. The molecule has 2 saturated heterocycles. The molecule has 3 unspecified atom stereocenters. The van der Waals surface area contributed by atoms with Gasteiger partial charge in [0.2, 0.25) is 0 Å². The van der Waals surface area contributed by atoms with E-state index in [1.54, 1.807) is 35.4 Å². The van der Waals surface area contributed by atoms with Crippen molar-refractivity contribution in [2.24, 2.45) is 5.16 Å². The van der Waals surface area contributed by atoms with Crippen molar-refractivity contribution >= 4 is 17.7 Å². The van der Waals surface area contributed by atoms with Gasteiger partial charge in [0.1, 0.15) is 19.3 Å². The van der Waals surface area contributed by atoms with Gasteiger partial charge < -0.3 is 14.7 Å². The molecule has 2 aromatic carbocycles. The van der Waals surface area contributed by atoms with Gasteiger partial charge in [-0.15, -0.1) is 0 Å². The summed E-state index contributed by atoms with van der Waals surface area (Å²) in [6.45, 7) is 2.02. The van der Waals surface area contributed by atoms with Crippen molar-refractivity contribution in [2.45, 2.75) is 31.0 Å². The summed E-state index contributed by atoms with van der Waals surface area (Å²) >= 11 is 0. The average Bonchev–Trinajstić information content (AvgIpc) is 3.19. The molecule has 8 heteroatoms. The Balaban J connectivity index is 1.52. The molecule has 0 aliphatic carbocycles. The second-order valence-electron chi connectivity index (χ2n) is 7.34. The van der Waals surface area contributed by atoms with Crippen molar-refractivity contribution in [1.82, 2.24) is 5.06 Å². The molecule has 156 valence electrons. The molecule has 0 radical (unpaired) electrons. The lowest BCUT2D eigenvalue weighted by Gasteiger charge is -2.41. The number of hydrogen-bond acceptors (Lipinski definition) is 8. The Morgan fingerprint density at radius 2 is 1.87 bits per heavy atom. The molecule has 30 heavy (non-hydrogen) atoms. The number of esters is 2. The summed E-state index contributed by atoms with van der Waals surface area (Å²) < 4.78 is 10.8. The summed E-state index contributed by atoms with van der Waals surface area (Å²) in [6, 6.07) is 17.7. The maximum Gasteiger partial charge on any atom is 0.361 e. The molecule has 2 aliphatic rings. The van der Waals surface area contributed by atoms with Crippen LogP contribution in [0.15, 0.2) is 65.8 Å². The summed E-state index contributed by atoms with van der Waals surface area (Å²) in [7, 11) is 0. The first-order valence-corrected chi connectivity index (χ1v) is 9.69. The maximum atomic E-state index is 12.9. The van der Waals surface area contributed by atoms with Crippen molar-refractivity contribution < 1.29 is 29.1 Å². The number of hydrogen-bond donors (Lipinski definition) is 1. The molecule has 2 heterocycles. The van der Waals surface area contributed by atoms with E-state index in [9.17, 15) is 14.8 Å². The van der Waals surface area contributed by atoms with Crippen LogP contribution < -0.4 is 0 Å². The fourth-order valence-corrected chi connectivity index (χ4v) is 3.96. The van der Waals surface area contributed by atoms with Gasteiger partial charge >= 0.3 is 11.9 Å². The Morgan fingerprint density at radius 1 is 1.20 bits per heavy atom. The van der Waals surface area contributed by atoms with Crippen molar-refractivity contribution in [3.05, 3.63) is 71.8 Å². The van der Waals surface area contributed by atoms with Crippen LogP contribution in [0.3, 0.4) is 0 Å². The standard InChI is InChI=1S/C22H22N2O6/c1-15-13-29-21(26)22(17-10-6-3-7-11-17)12-18(30-24(15)22)14-28-20(25)19(23-27)16-8-4-2-5-9-16/h2-11,15,18,27H,12-14H2,1H3. The van der Waals surface area contributed by atoms with Crippen molar-refractivity contribution in [2.75, 3.05) is 13.2 Å². The van der Waals surface area contributed by atoms with Crippen LogP contribution in [0.2, 0.25) is 0 Å². The van der Waals surface area contributed by atoms with Gasteiger partial charge in [-0.05, 0) is 12.5 Å². The molecule has 2 fully saturated rings. The van der Waals surface area contributed by atoms with Crippen LogP contribution in [0.5, 0.6) is 0 Å². The van der Waals surface area contributed by atoms with Crippen LogP contribution in [-0.4, -0.2) is 53.3 Å². The third-order valence-electron chi connectivity index (χ3n) is 5.35. The summed E-state index contributed by atoms with van der Waals surface area (Å²) in [6.07, 6.45) is -0.289. The molecule has 0 bridgehead atoms. The van der Waals surface area contributed by atoms with Crippen molar-refractivity contribution in [3.63, 3.8) is 0 Å². The van der Waals surface area contributed by atoms with Gasteiger partial charge in [0.15, 0.2) is 11.3 Å². The molecule has 2 aromatic rings. The van der Waals surface area contributed by atoms with E-state index in [0.717, 1.165) is 5.56 Å². The van der Waals surface area contributed by atoms with Gasteiger partial charge in [-0.25, -0.2) is 9.59 Å². The zero-order chi connectivity index (χ0) is 21.1. The summed E-state index contributed by atoms with van der Waals surface area (Å²) in [4.78, 5) is 31.3. The number of rotatable bonds is 5. The number of morpholine rings is 1. The first kappa shape index (κ1) is 20.1. The molecule has 2 aliphatic heterocycles. The van der Waals surface area contributed by atoms with E-state index in [4.69, 9.17) is 14.3 Å². The van der Waals surface area contributed by atoms with Crippen LogP contribution in [0, 0.1) is 0 Å². The summed E-state index contributed by atoms with van der Waals surface area (Å²) in [5, 5.41) is 14.0. The van der Waals surface area contributed by atoms with E-state index >= 15 is 0 Å². The van der Waals surface area contributed by atoms with E-state index in [2.05, 4.69) is 5.16 Å². The van der Waals surface area contributed by atoms with E-state index < -0.39 is 17.6 Å². The second kappa shape index (κ2) is 8.25. The first-order chi connectivity index (χ1) is 14.6. The Kier molecular flexibility index (Phi) is 5.52. The van der Waals surface area contributed by atoms with Crippen LogP contribution in [0.25, 0.3) is 0 Å². The number of cyclic esters (lactones) is 1. The minimum atomic E-state index is -1.09. The van der Waals surface area contributed by atoms with Crippen LogP contribution in [0.4, 0.5) is 0 Å². The Morgan fingerprint density at radius 3 is 2.53 bits per heavy atom. The molecule has 0 saturated carbocycles. The first-order valence-electron chi connectivity index (χ1n) is 9.69. The highest BCUT2D eigenvalue weighted by molar-refractivity contribution is 6.43. The van der Waals surface area contributed by atoms with Crippen LogP contribution >= 0.6 is 0 Å². The second-order valence-corrected chi connectivity index (χ2v) is 7.34. The number of benzene rings is 2. The number of carbonyl (C=O) groups is 2. The van der Waals surface area contributed by atoms with Gasteiger partial charge in [-0.2, -0.15) is 5.06 Å². The average molecular weight is 410 g/mol. The molecule has 4 rings (SSSR count). The highest BCUT2D eigenvalue weighted by atomic mass is 16.7. The van der Waals surface area contributed by atoms with Gasteiger partial charge in [-0.3, -0.25) is 4.84 Å². The number of ether oxygens (including phenoxy) is 2. The minimum Gasteiger partial charge on any atom is -0.462 e. The van der Waals surface area contributed by atoms with E-state index in [1.807, 2.05) is 37.3 Å². The molecule has 0 amide bonds. The van der Waals surface area contributed by atoms with E-state index in [1.165, 1.54) is 0 Å². The van der Waals surface area contributed by atoms with Gasteiger partial charge in [-0.1, -0.05) is 65.8 Å². The quantitative estimate of drug-likeness (QED) is 0.349. The minimum absolute atomic E-state index is 0.101. The topological polar surface area (TPSA) is 97.7 Å². The molecule has 1 N–H and O–H groups in total. The zero-order valence-electron chi connectivity index (χ0n) is 16.4. The zero-order valence-corrected chi connectivity index (χ0v) is 16.4. The lowest BCUT2D eigenvalue weighted by atomic mass is 9.83. The third kappa shape index (κ3) is 3.44. The number of carbonyl (C=O) groups excluding carboxylic acids is 2. The van der Waals surface area contributed by atoms with Crippen molar-refractivity contribution in [1.29, 1.82) is 0 Å². The molecule has 0 spiro atoms. The fraction of sp³-hybridized carbons (Fsp3) is 0.318. The third-order valence-corrected chi connectivity index (χ3v) is 5.35. The molecule has 3 atom stereocenters. The van der Waals surface area contributed by atoms with Gasteiger partial charge in [0.05, 0.1) is 6.04 Å². The smallest absolute Gasteiger partial charge is 0.361 e. The lowest BCUT2D eigenvalue weighted by molar-refractivity contribution is -0.251. The van der Waals surface area contributed by atoms with E-state index in [-0.39, 0.29) is 37.4 Å². The Labute approximate surface area is 173 Å². The number of oxime groups is 1. The van der Waals surface area contributed by atoms with E-state index in [0.29, 0.717) is 5.56 Å². The Bertz CT molecular complexity index is 949. The molecule has 8 nitrogen and oxygen atoms in total. The Hall–Kier alpha value is -3.23. The highest BCUT2D eigenvalue weighted by Crippen LogP contribution is 2.45. The lowest BCUT2D eigenvalue weighted by Crippen LogP contribution is -2.57. The largest absolute Gasteiger partial charge is 0.462 e. The normalized spacial score (nSPS) is 26.7. The number of hydroxylamine groups is 2. The predicted molar refractivity (Wildman–Crippen MR) is 106 cm³/mol. The van der Waals surface area contributed by atoms with Crippen molar-refractivity contribution in [3.8, 4) is 0 Å². The molecular weight excluding hydrogens is 388 g/mol. The maximum absolute atomic E-state index is 12.9. The fourth-order valence-electron chi connectivity index (χ4n) is 3.96. The van der Waals surface area contributed by atoms with Crippen LogP contribution in [0.1, 0.15) is 24.5 Å². The molecule has 0 aromatic heterocycles.